The molecule has 1 aliphatic heterocycles. The van der Waals surface area contributed by atoms with Crippen LogP contribution < -0.4 is 5.32 Å². The number of piperidine rings is 1. The van der Waals surface area contributed by atoms with E-state index in [-0.39, 0.29) is 23.5 Å². The molecule has 2 N–H and O–H groups in total. The zero-order valence-electron chi connectivity index (χ0n) is 11.0. The van der Waals surface area contributed by atoms with E-state index >= 15 is 0 Å². The lowest BCUT2D eigenvalue weighted by Gasteiger charge is -2.22. The van der Waals surface area contributed by atoms with Gasteiger partial charge in [0.25, 0.3) is 0 Å². The number of benzene rings is 1. The minimum Gasteiger partial charge on any atom is -0.508 e. The second-order valence-electron chi connectivity index (χ2n) is 5.04. The number of aryl methyl sites for hydroxylation is 1. The van der Waals surface area contributed by atoms with Crippen LogP contribution in [0.4, 0.5) is 0 Å². The van der Waals surface area contributed by atoms with Crippen molar-refractivity contribution < 1.29 is 14.7 Å². The third-order valence-electron chi connectivity index (χ3n) is 3.64. The van der Waals surface area contributed by atoms with Gasteiger partial charge in [-0.3, -0.25) is 19.9 Å². The maximum atomic E-state index is 12.0. The van der Waals surface area contributed by atoms with Gasteiger partial charge in [0.1, 0.15) is 5.75 Å². The van der Waals surface area contributed by atoms with Crippen molar-refractivity contribution in [2.24, 2.45) is 0 Å². The molecule has 1 atom stereocenters. The van der Waals surface area contributed by atoms with Crippen LogP contribution in [-0.4, -0.2) is 21.9 Å². The number of phenols is 1. The maximum absolute atomic E-state index is 12.0. The Bertz CT molecular complexity index is 724. The van der Waals surface area contributed by atoms with Crippen LogP contribution in [0.2, 0.25) is 0 Å². The molecule has 2 aromatic rings. The fourth-order valence-corrected chi connectivity index (χ4v) is 2.62. The van der Waals surface area contributed by atoms with E-state index in [4.69, 9.17) is 0 Å². The number of rotatable bonds is 1. The van der Waals surface area contributed by atoms with Gasteiger partial charge in [0.05, 0.1) is 11.4 Å². The summed E-state index contributed by atoms with van der Waals surface area (Å²) in [4.78, 5) is 27.6. The van der Waals surface area contributed by atoms with Crippen molar-refractivity contribution in [3.8, 4) is 5.75 Å². The number of pyridine rings is 1. The summed E-state index contributed by atoms with van der Waals surface area (Å²) in [7, 11) is 0. The topological polar surface area (TPSA) is 79.3 Å². The van der Waals surface area contributed by atoms with Gasteiger partial charge in [0.2, 0.25) is 11.8 Å². The first-order valence-corrected chi connectivity index (χ1v) is 6.48. The molecule has 1 aromatic heterocycles. The summed E-state index contributed by atoms with van der Waals surface area (Å²) in [6.07, 6.45) is 0.839. The first-order chi connectivity index (χ1) is 9.54. The molecular formula is C15H14N2O3. The fraction of sp³-hybridized carbons (Fsp3) is 0.267. The van der Waals surface area contributed by atoms with E-state index in [9.17, 15) is 14.7 Å². The predicted molar refractivity (Wildman–Crippen MR) is 73.3 cm³/mol. The molecule has 20 heavy (non-hydrogen) atoms. The Morgan fingerprint density at radius 1 is 1.30 bits per heavy atom. The summed E-state index contributed by atoms with van der Waals surface area (Å²) in [6, 6.07) is 6.82. The zero-order chi connectivity index (χ0) is 14.3. The van der Waals surface area contributed by atoms with Crippen molar-refractivity contribution in [3.63, 3.8) is 0 Å². The lowest BCUT2D eigenvalue weighted by atomic mass is 9.89. The smallest absolute Gasteiger partial charge is 0.234 e. The molecule has 5 heteroatoms. The van der Waals surface area contributed by atoms with E-state index in [1.807, 2.05) is 13.0 Å². The molecule has 0 saturated carbocycles. The Kier molecular flexibility index (Phi) is 2.89. The Morgan fingerprint density at radius 2 is 2.10 bits per heavy atom. The minimum atomic E-state index is -0.355. The second kappa shape index (κ2) is 4.59. The molecule has 0 aliphatic carbocycles. The van der Waals surface area contributed by atoms with Gasteiger partial charge in [-0.15, -0.1) is 0 Å². The molecule has 1 saturated heterocycles. The second-order valence-corrected chi connectivity index (χ2v) is 5.04. The number of carbonyl (C=O) groups excluding carboxylic acids is 2. The fourth-order valence-electron chi connectivity index (χ4n) is 2.62. The van der Waals surface area contributed by atoms with Gasteiger partial charge >= 0.3 is 0 Å². The van der Waals surface area contributed by atoms with E-state index in [2.05, 4.69) is 10.3 Å². The number of aromatic nitrogens is 1. The number of phenolic OH excluding ortho intramolecular Hbond substituents is 1. The predicted octanol–water partition coefficient (Wildman–Crippen LogP) is 1.77. The van der Waals surface area contributed by atoms with Gasteiger partial charge in [-0.05, 0) is 43.2 Å². The van der Waals surface area contributed by atoms with Crippen molar-refractivity contribution in [1.82, 2.24) is 10.3 Å². The zero-order valence-corrected chi connectivity index (χ0v) is 11.0. The van der Waals surface area contributed by atoms with Crippen LogP contribution >= 0.6 is 0 Å². The van der Waals surface area contributed by atoms with Gasteiger partial charge in [-0.25, -0.2) is 0 Å². The van der Waals surface area contributed by atoms with Gasteiger partial charge in [0.15, 0.2) is 0 Å². The minimum absolute atomic E-state index is 0.164. The maximum Gasteiger partial charge on any atom is 0.234 e. The Morgan fingerprint density at radius 3 is 2.85 bits per heavy atom. The van der Waals surface area contributed by atoms with Crippen molar-refractivity contribution in [3.05, 3.63) is 35.5 Å². The third kappa shape index (κ3) is 2.11. The van der Waals surface area contributed by atoms with Crippen LogP contribution in [-0.2, 0) is 9.59 Å². The number of nitrogens with one attached hydrogen (secondary N) is 1. The Balaban J connectivity index is 2.08. The molecule has 1 aliphatic rings. The van der Waals surface area contributed by atoms with E-state index in [0.29, 0.717) is 12.8 Å². The number of carbonyl (C=O) groups is 2. The van der Waals surface area contributed by atoms with Crippen molar-refractivity contribution in [2.75, 3.05) is 0 Å². The average Bonchev–Trinajstić information content (AvgIpc) is 2.39. The molecule has 2 heterocycles. The summed E-state index contributed by atoms with van der Waals surface area (Å²) in [5.41, 5.74) is 2.36. The molecular weight excluding hydrogens is 256 g/mol. The number of fused-ring (bicyclic) bond motifs is 1. The third-order valence-corrected chi connectivity index (χ3v) is 3.64. The van der Waals surface area contributed by atoms with E-state index < -0.39 is 0 Å². The summed E-state index contributed by atoms with van der Waals surface area (Å²) < 4.78 is 0. The van der Waals surface area contributed by atoms with Gasteiger partial charge in [-0.1, -0.05) is 0 Å². The summed E-state index contributed by atoms with van der Waals surface area (Å²) >= 11 is 0. The monoisotopic (exact) mass is 270 g/mol. The van der Waals surface area contributed by atoms with Crippen LogP contribution in [0.25, 0.3) is 10.9 Å². The highest BCUT2D eigenvalue weighted by Crippen LogP contribution is 2.30. The quantitative estimate of drug-likeness (QED) is 0.774. The molecule has 0 radical (unpaired) electrons. The lowest BCUT2D eigenvalue weighted by Crippen LogP contribution is -2.39. The van der Waals surface area contributed by atoms with E-state index in [0.717, 1.165) is 22.2 Å². The van der Waals surface area contributed by atoms with Gasteiger partial charge in [0, 0.05) is 17.5 Å². The van der Waals surface area contributed by atoms with Crippen molar-refractivity contribution in [1.29, 1.82) is 0 Å². The Hall–Kier alpha value is -2.43. The largest absolute Gasteiger partial charge is 0.508 e. The molecule has 0 bridgehead atoms. The van der Waals surface area contributed by atoms with Crippen molar-refractivity contribution in [2.45, 2.75) is 25.7 Å². The number of amides is 2. The molecule has 1 fully saturated rings. The van der Waals surface area contributed by atoms with Gasteiger partial charge < -0.3 is 5.11 Å². The summed E-state index contributed by atoms with van der Waals surface area (Å²) in [5, 5.41) is 12.7. The Labute approximate surface area is 115 Å². The summed E-state index contributed by atoms with van der Waals surface area (Å²) in [5.74, 6) is -0.690. The molecule has 0 spiro atoms. The number of hydrogen-bond acceptors (Lipinski definition) is 4. The molecule has 102 valence electrons. The highest BCUT2D eigenvalue weighted by atomic mass is 16.3. The van der Waals surface area contributed by atoms with Gasteiger partial charge in [-0.2, -0.15) is 0 Å². The number of hydrogen-bond donors (Lipinski definition) is 2. The van der Waals surface area contributed by atoms with Crippen LogP contribution in [0.1, 0.15) is 30.0 Å². The number of aromatic hydroxyl groups is 1. The molecule has 1 unspecified atom stereocenters. The molecule has 3 rings (SSSR count). The molecule has 1 aromatic carbocycles. The average molecular weight is 270 g/mol. The van der Waals surface area contributed by atoms with Crippen molar-refractivity contribution >= 4 is 22.7 Å². The first kappa shape index (κ1) is 12.6. The number of nitrogens with zero attached hydrogens (tertiary/aromatic N) is 1. The van der Waals surface area contributed by atoms with Crippen LogP contribution in [0.5, 0.6) is 5.75 Å². The molecule has 5 nitrogen and oxygen atoms in total. The standard InChI is InChI=1S/C15H14N2O3/c1-8-12(11-3-5-14(19)17-15(11)20)7-9-6-10(18)2-4-13(9)16-8/h2,4,6-7,11,18H,3,5H2,1H3,(H,17,19,20). The highest BCUT2D eigenvalue weighted by Gasteiger charge is 2.29. The molecule has 2 amide bonds. The summed E-state index contributed by atoms with van der Waals surface area (Å²) in [6.45, 7) is 1.85. The van der Waals surface area contributed by atoms with E-state index in [1.165, 1.54) is 0 Å². The van der Waals surface area contributed by atoms with E-state index in [1.54, 1.807) is 18.2 Å². The van der Waals surface area contributed by atoms with Crippen LogP contribution in [0, 0.1) is 6.92 Å². The SMILES string of the molecule is Cc1nc2ccc(O)cc2cc1C1CCC(=O)NC1=O. The lowest BCUT2D eigenvalue weighted by molar-refractivity contribution is -0.134. The highest BCUT2D eigenvalue weighted by molar-refractivity contribution is 6.01. The van der Waals surface area contributed by atoms with Crippen LogP contribution in [0.15, 0.2) is 24.3 Å². The number of imide groups is 1. The normalized spacial score (nSPS) is 19.1. The van der Waals surface area contributed by atoms with Crippen LogP contribution in [0.3, 0.4) is 0 Å². The first-order valence-electron chi connectivity index (χ1n) is 6.48.